The first kappa shape index (κ1) is 8.43. The standard InChI is InChI=1S/C7H17P/c1-3-5-7-8-6-4-2/h8H,3-7H2,1-2H3. The van der Waals surface area contributed by atoms with Gasteiger partial charge in [-0.2, -0.15) is 0 Å². The van der Waals surface area contributed by atoms with Crippen molar-refractivity contribution < 1.29 is 0 Å². The summed E-state index contributed by atoms with van der Waals surface area (Å²) in [7, 11) is 1.24. The molecule has 0 radical (unpaired) electrons. The van der Waals surface area contributed by atoms with Crippen LogP contribution in [0.3, 0.4) is 0 Å². The van der Waals surface area contributed by atoms with Gasteiger partial charge in [0.05, 0.1) is 0 Å². The van der Waals surface area contributed by atoms with Gasteiger partial charge in [0.2, 0.25) is 0 Å². The van der Waals surface area contributed by atoms with Gasteiger partial charge in [0.1, 0.15) is 0 Å². The minimum absolute atomic E-state index is 1.24. The highest BCUT2D eigenvalue weighted by Gasteiger charge is 1.82. The zero-order valence-corrected chi connectivity index (χ0v) is 7.04. The van der Waals surface area contributed by atoms with Crippen LogP contribution in [0.2, 0.25) is 0 Å². The Bertz CT molecular complexity index is 29.4. The van der Waals surface area contributed by atoms with Crippen molar-refractivity contribution in [1.82, 2.24) is 0 Å². The summed E-state index contributed by atoms with van der Waals surface area (Å²) in [5.74, 6) is 0. The number of hydrogen-bond donors (Lipinski definition) is 0. The van der Waals surface area contributed by atoms with Crippen LogP contribution in [0, 0.1) is 0 Å². The molecule has 0 aliphatic heterocycles. The van der Waals surface area contributed by atoms with Crippen LogP contribution in [0.5, 0.6) is 0 Å². The van der Waals surface area contributed by atoms with Crippen LogP contribution in [-0.2, 0) is 0 Å². The van der Waals surface area contributed by atoms with Gasteiger partial charge in [-0.15, -0.1) is 8.58 Å². The molecule has 1 unspecified atom stereocenters. The second-order valence-corrected chi connectivity index (χ2v) is 3.60. The van der Waals surface area contributed by atoms with Gasteiger partial charge < -0.3 is 0 Å². The molecule has 0 aromatic carbocycles. The number of rotatable bonds is 5. The highest BCUT2D eigenvalue weighted by atomic mass is 31.1. The van der Waals surface area contributed by atoms with Crippen molar-refractivity contribution in [2.24, 2.45) is 0 Å². The molecular formula is C7H17P. The lowest BCUT2D eigenvalue weighted by Gasteiger charge is -1.94. The Morgan fingerprint density at radius 1 is 1.00 bits per heavy atom. The molecule has 0 aliphatic carbocycles. The van der Waals surface area contributed by atoms with Crippen molar-refractivity contribution in [2.75, 3.05) is 12.3 Å². The molecule has 0 N–H and O–H groups in total. The van der Waals surface area contributed by atoms with Crippen molar-refractivity contribution >= 4 is 8.58 Å². The Balaban J connectivity index is 2.53. The third kappa shape index (κ3) is 6.43. The molecule has 0 aromatic rings. The van der Waals surface area contributed by atoms with E-state index in [0.717, 1.165) is 0 Å². The Morgan fingerprint density at radius 2 is 1.75 bits per heavy atom. The van der Waals surface area contributed by atoms with E-state index < -0.39 is 0 Å². The van der Waals surface area contributed by atoms with Gasteiger partial charge in [-0.1, -0.05) is 26.7 Å². The Kier molecular flexibility index (Phi) is 7.83. The van der Waals surface area contributed by atoms with Crippen LogP contribution in [-0.4, -0.2) is 12.3 Å². The molecule has 1 heteroatoms. The topological polar surface area (TPSA) is 0 Å². The number of hydrogen-bond acceptors (Lipinski definition) is 0. The molecule has 0 aromatic heterocycles. The smallest absolute Gasteiger partial charge is 0.0354 e. The molecule has 8 heavy (non-hydrogen) atoms. The average molecular weight is 132 g/mol. The lowest BCUT2D eigenvalue weighted by atomic mass is 10.4. The van der Waals surface area contributed by atoms with E-state index in [0.29, 0.717) is 0 Å². The van der Waals surface area contributed by atoms with Crippen LogP contribution in [0.25, 0.3) is 0 Å². The van der Waals surface area contributed by atoms with Crippen LogP contribution in [0.4, 0.5) is 0 Å². The van der Waals surface area contributed by atoms with Crippen molar-refractivity contribution in [3.8, 4) is 0 Å². The minimum Gasteiger partial charge on any atom is -0.122 e. The Labute approximate surface area is 54.8 Å². The summed E-state index contributed by atoms with van der Waals surface area (Å²) in [6.07, 6.45) is 7.13. The highest BCUT2D eigenvalue weighted by molar-refractivity contribution is 7.37. The molecule has 0 nitrogen and oxygen atoms in total. The van der Waals surface area contributed by atoms with E-state index in [4.69, 9.17) is 0 Å². The van der Waals surface area contributed by atoms with E-state index in [2.05, 4.69) is 13.8 Å². The van der Waals surface area contributed by atoms with E-state index in [1.54, 1.807) is 0 Å². The zero-order valence-electron chi connectivity index (χ0n) is 6.04. The number of unbranched alkanes of at least 4 members (excludes halogenated alkanes) is 1. The maximum atomic E-state index is 2.26. The van der Waals surface area contributed by atoms with E-state index in [-0.39, 0.29) is 0 Å². The molecule has 0 saturated carbocycles. The first-order chi connectivity index (χ1) is 3.91. The van der Waals surface area contributed by atoms with Crippen molar-refractivity contribution in [1.29, 1.82) is 0 Å². The summed E-state index contributed by atoms with van der Waals surface area (Å²) in [6, 6.07) is 0. The fourth-order valence-electron chi connectivity index (χ4n) is 0.604. The van der Waals surface area contributed by atoms with Crippen LogP contribution >= 0.6 is 8.58 Å². The second-order valence-electron chi connectivity index (χ2n) is 2.10. The Hall–Kier alpha value is 0.430. The van der Waals surface area contributed by atoms with Gasteiger partial charge in [0.15, 0.2) is 0 Å². The SMILES string of the molecule is CCCCPCCC. The third-order valence-corrected chi connectivity index (χ3v) is 2.69. The molecule has 0 bridgehead atoms. The summed E-state index contributed by atoms with van der Waals surface area (Å²) >= 11 is 0. The largest absolute Gasteiger partial charge is 0.122 e. The highest BCUT2D eigenvalue weighted by Crippen LogP contribution is 2.12. The van der Waals surface area contributed by atoms with Gasteiger partial charge in [-0.05, 0) is 18.7 Å². The first-order valence-electron chi connectivity index (χ1n) is 3.62. The van der Waals surface area contributed by atoms with E-state index in [1.807, 2.05) is 0 Å². The second kappa shape index (κ2) is 7.43. The maximum absolute atomic E-state index is 2.26. The average Bonchev–Trinajstić information content (AvgIpc) is 1.81. The predicted molar refractivity (Wildman–Crippen MR) is 43.2 cm³/mol. The summed E-state index contributed by atoms with van der Waals surface area (Å²) in [5, 5.41) is 0. The first-order valence-corrected chi connectivity index (χ1v) is 5.04. The molecule has 0 spiro atoms. The van der Waals surface area contributed by atoms with Gasteiger partial charge in [-0.25, -0.2) is 0 Å². The Morgan fingerprint density at radius 3 is 2.25 bits per heavy atom. The molecule has 1 atom stereocenters. The molecule has 0 amide bonds. The molecular weight excluding hydrogens is 115 g/mol. The lowest BCUT2D eigenvalue weighted by Crippen LogP contribution is -1.76. The summed E-state index contributed by atoms with van der Waals surface area (Å²) in [5.41, 5.74) is 0. The van der Waals surface area contributed by atoms with Gasteiger partial charge >= 0.3 is 0 Å². The minimum atomic E-state index is 1.24. The van der Waals surface area contributed by atoms with E-state index >= 15 is 0 Å². The van der Waals surface area contributed by atoms with Crippen molar-refractivity contribution in [3.05, 3.63) is 0 Å². The van der Waals surface area contributed by atoms with Crippen molar-refractivity contribution in [2.45, 2.75) is 33.1 Å². The van der Waals surface area contributed by atoms with Crippen LogP contribution < -0.4 is 0 Å². The van der Waals surface area contributed by atoms with Gasteiger partial charge in [0.25, 0.3) is 0 Å². The van der Waals surface area contributed by atoms with Gasteiger partial charge in [0, 0.05) is 0 Å². The fraction of sp³-hybridized carbons (Fsp3) is 1.00. The predicted octanol–water partition coefficient (Wildman–Crippen LogP) is 2.88. The van der Waals surface area contributed by atoms with Crippen LogP contribution in [0.1, 0.15) is 33.1 Å². The van der Waals surface area contributed by atoms with Crippen LogP contribution in [0.15, 0.2) is 0 Å². The van der Waals surface area contributed by atoms with E-state index in [9.17, 15) is 0 Å². The summed E-state index contributed by atoms with van der Waals surface area (Å²) in [6.45, 7) is 4.52. The molecule has 0 rings (SSSR count). The quantitative estimate of drug-likeness (QED) is 0.398. The molecule has 50 valence electrons. The summed E-state index contributed by atoms with van der Waals surface area (Å²) < 4.78 is 0. The molecule has 0 heterocycles. The maximum Gasteiger partial charge on any atom is -0.0354 e. The van der Waals surface area contributed by atoms with Crippen molar-refractivity contribution in [3.63, 3.8) is 0 Å². The van der Waals surface area contributed by atoms with E-state index in [1.165, 1.54) is 40.2 Å². The summed E-state index contributed by atoms with van der Waals surface area (Å²) in [4.78, 5) is 0. The molecule has 0 fully saturated rings. The molecule has 0 saturated heterocycles. The zero-order chi connectivity index (χ0) is 6.24. The lowest BCUT2D eigenvalue weighted by molar-refractivity contribution is 0.892. The van der Waals surface area contributed by atoms with Gasteiger partial charge in [-0.3, -0.25) is 0 Å². The third-order valence-electron chi connectivity index (χ3n) is 1.13. The molecule has 0 aliphatic rings. The fourth-order valence-corrected chi connectivity index (χ4v) is 1.81. The normalized spacial score (nSPS) is 11.2. The monoisotopic (exact) mass is 132 g/mol.